The van der Waals surface area contributed by atoms with Crippen molar-refractivity contribution < 1.29 is 18.5 Å². The van der Waals surface area contributed by atoms with Crippen molar-refractivity contribution in [3.63, 3.8) is 0 Å². The molecule has 1 amide bonds. The highest BCUT2D eigenvalue weighted by molar-refractivity contribution is 6.17. The number of rotatable bonds is 8. The standard InChI is InChI=1S/C13H15ClF2N2O3/c14-5-3-1-2-4-6-17-13(19)10-7-9(15)8-11(12(10)16)18(20)21/h7-8H,1-6H2,(H,17,19). The van der Waals surface area contributed by atoms with Gasteiger partial charge in [0.2, 0.25) is 5.82 Å². The van der Waals surface area contributed by atoms with Gasteiger partial charge in [0.05, 0.1) is 16.6 Å². The van der Waals surface area contributed by atoms with E-state index in [1.54, 1.807) is 0 Å². The summed E-state index contributed by atoms with van der Waals surface area (Å²) in [6, 6.07) is 1.09. The first-order valence-electron chi connectivity index (χ1n) is 6.45. The zero-order valence-corrected chi connectivity index (χ0v) is 12.0. The molecular formula is C13H15ClF2N2O3. The van der Waals surface area contributed by atoms with Crippen LogP contribution in [-0.2, 0) is 0 Å². The molecule has 116 valence electrons. The molecule has 0 radical (unpaired) electrons. The van der Waals surface area contributed by atoms with Crippen molar-refractivity contribution in [1.29, 1.82) is 0 Å². The molecule has 0 spiro atoms. The molecule has 1 aromatic carbocycles. The molecule has 0 aliphatic heterocycles. The average molecular weight is 321 g/mol. The lowest BCUT2D eigenvalue weighted by atomic mass is 10.1. The van der Waals surface area contributed by atoms with Crippen LogP contribution in [0.2, 0.25) is 0 Å². The summed E-state index contributed by atoms with van der Waals surface area (Å²) in [4.78, 5) is 21.2. The second kappa shape index (κ2) is 8.51. The SMILES string of the molecule is O=C(NCCCCCCCl)c1cc(F)cc([N+](=O)[O-])c1F. The van der Waals surface area contributed by atoms with E-state index < -0.39 is 33.7 Å². The van der Waals surface area contributed by atoms with Crippen LogP contribution >= 0.6 is 11.6 Å². The first-order chi connectivity index (χ1) is 9.97. The lowest BCUT2D eigenvalue weighted by Gasteiger charge is -2.06. The zero-order chi connectivity index (χ0) is 15.8. The summed E-state index contributed by atoms with van der Waals surface area (Å²) in [6.45, 7) is 0.283. The Labute approximate surface area is 125 Å². The van der Waals surface area contributed by atoms with Crippen LogP contribution in [0.3, 0.4) is 0 Å². The first kappa shape index (κ1) is 17.3. The van der Waals surface area contributed by atoms with Gasteiger partial charge in [-0.25, -0.2) is 4.39 Å². The van der Waals surface area contributed by atoms with E-state index in [1.807, 2.05) is 0 Å². The third-order valence-corrected chi connectivity index (χ3v) is 3.07. The molecule has 0 aliphatic rings. The van der Waals surface area contributed by atoms with Crippen molar-refractivity contribution in [2.75, 3.05) is 12.4 Å². The van der Waals surface area contributed by atoms with Crippen molar-refractivity contribution >= 4 is 23.2 Å². The lowest BCUT2D eigenvalue weighted by Crippen LogP contribution is -2.25. The third-order valence-electron chi connectivity index (χ3n) is 2.81. The number of hydrogen-bond donors (Lipinski definition) is 1. The van der Waals surface area contributed by atoms with Gasteiger partial charge in [0.1, 0.15) is 5.82 Å². The van der Waals surface area contributed by atoms with Crippen molar-refractivity contribution in [2.45, 2.75) is 25.7 Å². The number of nitro benzene ring substituents is 1. The quantitative estimate of drug-likeness (QED) is 0.345. The number of nitro groups is 1. The molecule has 0 aliphatic carbocycles. The summed E-state index contributed by atoms with van der Waals surface area (Å²) in [7, 11) is 0. The summed E-state index contributed by atoms with van der Waals surface area (Å²) >= 11 is 5.52. The highest BCUT2D eigenvalue weighted by Gasteiger charge is 2.23. The maximum Gasteiger partial charge on any atom is 0.308 e. The Balaban J connectivity index is 2.64. The van der Waals surface area contributed by atoms with Crippen molar-refractivity contribution in [2.24, 2.45) is 0 Å². The second-order valence-corrected chi connectivity index (χ2v) is 4.78. The van der Waals surface area contributed by atoms with Gasteiger partial charge in [-0.1, -0.05) is 12.8 Å². The summed E-state index contributed by atoms with van der Waals surface area (Å²) in [6.07, 6.45) is 3.31. The largest absolute Gasteiger partial charge is 0.352 e. The molecule has 0 aromatic heterocycles. The fourth-order valence-electron chi connectivity index (χ4n) is 1.74. The lowest BCUT2D eigenvalue weighted by molar-refractivity contribution is -0.387. The molecule has 0 saturated heterocycles. The van der Waals surface area contributed by atoms with Gasteiger partial charge >= 0.3 is 5.69 Å². The highest BCUT2D eigenvalue weighted by Crippen LogP contribution is 2.22. The van der Waals surface area contributed by atoms with Gasteiger partial charge in [-0.15, -0.1) is 11.6 Å². The molecular weight excluding hydrogens is 306 g/mol. The summed E-state index contributed by atoms with van der Waals surface area (Å²) in [5, 5.41) is 13.0. The van der Waals surface area contributed by atoms with Crippen LogP contribution in [0, 0.1) is 21.7 Å². The predicted octanol–water partition coefficient (Wildman–Crippen LogP) is 3.40. The number of carbonyl (C=O) groups is 1. The van der Waals surface area contributed by atoms with E-state index in [0.29, 0.717) is 24.4 Å². The van der Waals surface area contributed by atoms with E-state index in [9.17, 15) is 23.7 Å². The summed E-state index contributed by atoms with van der Waals surface area (Å²) < 4.78 is 26.9. The van der Waals surface area contributed by atoms with E-state index >= 15 is 0 Å². The molecule has 0 fully saturated rings. The Kier molecular flexibility index (Phi) is 7.01. The number of benzene rings is 1. The normalized spacial score (nSPS) is 10.4. The van der Waals surface area contributed by atoms with Crippen molar-refractivity contribution in [3.8, 4) is 0 Å². The Morgan fingerprint density at radius 2 is 1.90 bits per heavy atom. The van der Waals surface area contributed by atoms with E-state index in [0.717, 1.165) is 19.3 Å². The average Bonchev–Trinajstić information content (AvgIpc) is 2.44. The highest BCUT2D eigenvalue weighted by atomic mass is 35.5. The van der Waals surface area contributed by atoms with Gasteiger partial charge in [-0.3, -0.25) is 14.9 Å². The number of nitrogens with zero attached hydrogens (tertiary/aromatic N) is 1. The second-order valence-electron chi connectivity index (χ2n) is 4.40. The van der Waals surface area contributed by atoms with Gasteiger partial charge in [-0.05, 0) is 18.9 Å². The van der Waals surface area contributed by atoms with E-state index in [2.05, 4.69) is 5.32 Å². The minimum Gasteiger partial charge on any atom is -0.352 e. The summed E-state index contributed by atoms with van der Waals surface area (Å²) in [5.41, 5.74) is -1.72. The maximum absolute atomic E-state index is 13.7. The van der Waals surface area contributed by atoms with Crippen molar-refractivity contribution in [1.82, 2.24) is 5.32 Å². The molecule has 0 bridgehead atoms. The molecule has 21 heavy (non-hydrogen) atoms. The van der Waals surface area contributed by atoms with Gasteiger partial charge in [-0.2, -0.15) is 4.39 Å². The smallest absolute Gasteiger partial charge is 0.308 e. The molecule has 0 unspecified atom stereocenters. The van der Waals surface area contributed by atoms with Crippen LogP contribution in [0.15, 0.2) is 12.1 Å². The van der Waals surface area contributed by atoms with Gasteiger partial charge in [0.15, 0.2) is 0 Å². The van der Waals surface area contributed by atoms with Crippen LogP contribution < -0.4 is 5.32 Å². The van der Waals surface area contributed by atoms with Crippen LogP contribution in [-0.4, -0.2) is 23.3 Å². The van der Waals surface area contributed by atoms with Crippen LogP contribution in [0.25, 0.3) is 0 Å². The van der Waals surface area contributed by atoms with Gasteiger partial charge < -0.3 is 5.32 Å². The fraction of sp³-hybridized carbons (Fsp3) is 0.462. The molecule has 1 rings (SSSR count). The third kappa shape index (κ3) is 5.26. The number of halogens is 3. The van der Waals surface area contributed by atoms with Crippen molar-refractivity contribution in [3.05, 3.63) is 39.4 Å². The first-order valence-corrected chi connectivity index (χ1v) is 6.98. The monoisotopic (exact) mass is 320 g/mol. The number of alkyl halides is 1. The maximum atomic E-state index is 13.7. The Morgan fingerprint density at radius 1 is 1.24 bits per heavy atom. The molecule has 1 aromatic rings. The zero-order valence-electron chi connectivity index (χ0n) is 11.2. The molecule has 8 heteroatoms. The number of hydrogen-bond acceptors (Lipinski definition) is 3. The Bertz CT molecular complexity index is 526. The number of nitrogens with one attached hydrogen (secondary N) is 1. The predicted molar refractivity (Wildman–Crippen MR) is 74.5 cm³/mol. The number of unbranched alkanes of at least 4 members (excludes halogenated alkanes) is 3. The van der Waals surface area contributed by atoms with Crippen LogP contribution in [0.4, 0.5) is 14.5 Å². The Morgan fingerprint density at radius 3 is 2.52 bits per heavy atom. The topological polar surface area (TPSA) is 72.2 Å². The fourth-order valence-corrected chi connectivity index (χ4v) is 1.93. The molecule has 0 atom stereocenters. The molecule has 0 saturated carbocycles. The molecule has 5 nitrogen and oxygen atoms in total. The summed E-state index contributed by atoms with van der Waals surface area (Å²) in [5.74, 6) is -2.66. The minimum absolute atomic E-state index is 0.283. The van der Waals surface area contributed by atoms with E-state index in [1.165, 1.54) is 0 Å². The molecule has 1 N–H and O–H groups in total. The molecule has 0 heterocycles. The van der Waals surface area contributed by atoms with Crippen LogP contribution in [0.5, 0.6) is 0 Å². The van der Waals surface area contributed by atoms with Crippen LogP contribution in [0.1, 0.15) is 36.0 Å². The number of amides is 1. The van der Waals surface area contributed by atoms with Gasteiger partial charge in [0, 0.05) is 12.4 Å². The number of carbonyl (C=O) groups excluding carboxylic acids is 1. The minimum atomic E-state index is -1.33. The van der Waals surface area contributed by atoms with Gasteiger partial charge in [0.25, 0.3) is 5.91 Å². The van der Waals surface area contributed by atoms with E-state index in [4.69, 9.17) is 11.6 Å². The Hall–Kier alpha value is -1.76. The van der Waals surface area contributed by atoms with E-state index in [-0.39, 0.29) is 6.54 Å².